The van der Waals surface area contributed by atoms with Gasteiger partial charge >= 0.3 is 0 Å². The minimum Gasteiger partial charge on any atom is -0.369 e. The molecule has 0 aliphatic carbocycles. The Labute approximate surface area is 132 Å². The average molecular weight is 312 g/mol. The molecule has 2 aromatic heterocycles. The van der Waals surface area contributed by atoms with Crippen molar-refractivity contribution in [2.45, 2.75) is 12.1 Å². The third-order valence-corrected chi connectivity index (χ3v) is 4.24. The first kappa shape index (κ1) is 13.4. The van der Waals surface area contributed by atoms with Gasteiger partial charge in [0.15, 0.2) is 6.23 Å². The number of aromatic nitrogens is 2. The highest BCUT2D eigenvalue weighted by molar-refractivity contribution is 6.17. The zero-order valence-corrected chi connectivity index (χ0v) is 12.4. The molecule has 0 bridgehead atoms. The van der Waals surface area contributed by atoms with Crippen molar-refractivity contribution in [3.8, 4) is 0 Å². The number of aromatic amines is 1. The molecular weight excluding hydrogens is 298 g/mol. The van der Waals surface area contributed by atoms with Gasteiger partial charge in [-0.3, -0.25) is 0 Å². The summed E-state index contributed by atoms with van der Waals surface area (Å²) in [5, 5.41) is 14.4. The molecule has 0 fully saturated rings. The quantitative estimate of drug-likeness (QED) is 0.634. The highest BCUT2D eigenvalue weighted by atomic mass is 35.5. The van der Waals surface area contributed by atoms with Gasteiger partial charge in [0.05, 0.1) is 0 Å². The van der Waals surface area contributed by atoms with Crippen LogP contribution in [0.15, 0.2) is 42.7 Å². The van der Waals surface area contributed by atoms with Crippen molar-refractivity contribution in [2.24, 2.45) is 0 Å². The van der Waals surface area contributed by atoms with Crippen molar-refractivity contribution in [1.82, 2.24) is 9.97 Å². The maximum absolute atomic E-state index is 10.3. The summed E-state index contributed by atoms with van der Waals surface area (Å²) in [6.07, 6.45) is 4.93. The third-order valence-electron chi connectivity index (χ3n) is 3.93. The number of rotatable bonds is 2. The molecule has 3 heterocycles. The Morgan fingerprint density at radius 3 is 3.09 bits per heavy atom. The van der Waals surface area contributed by atoms with Gasteiger partial charge in [-0.15, -0.1) is 11.6 Å². The van der Waals surface area contributed by atoms with E-state index in [1.165, 1.54) is 0 Å². The van der Waals surface area contributed by atoms with E-state index in [4.69, 9.17) is 11.6 Å². The Bertz CT molecular complexity index is 884. The van der Waals surface area contributed by atoms with Crippen LogP contribution in [0.4, 0.5) is 5.69 Å². The van der Waals surface area contributed by atoms with E-state index in [1.54, 1.807) is 6.20 Å². The minimum atomic E-state index is -0.720. The monoisotopic (exact) mass is 311 g/mol. The van der Waals surface area contributed by atoms with Gasteiger partial charge in [-0.25, -0.2) is 4.98 Å². The summed E-state index contributed by atoms with van der Waals surface area (Å²) in [6.45, 7) is 0. The summed E-state index contributed by atoms with van der Waals surface area (Å²) in [5.41, 5.74) is 5.62. The maximum atomic E-state index is 10.3. The predicted molar refractivity (Wildman–Crippen MR) is 89.6 cm³/mol. The molecule has 1 atom stereocenters. The number of nitrogens with zero attached hydrogens (tertiary/aromatic N) is 1. The Morgan fingerprint density at radius 1 is 1.32 bits per heavy atom. The van der Waals surface area contributed by atoms with Crippen LogP contribution in [0.5, 0.6) is 0 Å². The molecule has 1 aromatic carbocycles. The number of nitrogens with one attached hydrogen (secondary N) is 2. The largest absolute Gasteiger partial charge is 0.369 e. The van der Waals surface area contributed by atoms with Crippen LogP contribution in [-0.2, 0) is 5.88 Å². The van der Waals surface area contributed by atoms with Gasteiger partial charge in [-0.1, -0.05) is 6.07 Å². The topological polar surface area (TPSA) is 60.9 Å². The lowest BCUT2D eigenvalue weighted by Crippen LogP contribution is -2.12. The smallest absolute Gasteiger partial charge is 0.151 e. The lowest BCUT2D eigenvalue weighted by Gasteiger charge is -2.05. The van der Waals surface area contributed by atoms with Crippen molar-refractivity contribution in [2.75, 3.05) is 5.32 Å². The van der Waals surface area contributed by atoms with Crippen molar-refractivity contribution < 1.29 is 5.11 Å². The third kappa shape index (κ3) is 2.08. The van der Waals surface area contributed by atoms with E-state index < -0.39 is 6.23 Å². The predicted octanol–water partition coefficient (Wildman–Crippen LogP) is 3.59. The number of aliphatic hydroxyl groups is 1. The molecule has 1 unspecified atom stereocenters. The van der Waals surface area contributed by atoms with Crippen LogP contribution in [0, 0.1) is 0 Å². The fourth-order valence-corrected chi connectivity index (χ4v) is 3.00. The number of pyridine rings is 1. The second-order valence-electron chi connectivity index (χ2n) is 5.30. The van der Waals surface area contributed by atoms with Crippen LogP contribution >= 0.6 is 11.6 Å². The van der Waals surface area contributed by atoms with Crippen LogP contribution < -0.4 is 5.32 Å². The standard InChI is InChI=1S/C17H14ClN3O/c18-8-10-3-4-15-13(6-10)14(17(22)21-15)7-11-9-20-16-12(11)2-1-5-19-16/h1-7,9,17,21-22H,8H2,(H,19,20). The van der Waals surface area contributed by atoms with E-state index in [1.807, 2.05) is 42.6 Å². The summed E-state index contributed by atoms with van der Waals surface area (Å²) < 4.78 is 0. The lowest BCUT2D eigenvalue weighted by atomic mass is 10.0. The molecule has 4 rings (SSSR count). The van der Waals surface area contributed by atoms with Crippen LogP contribution in [-0.4, -0.2) is 21.3 Å². The minimum absolute atomic E-state index is 0.452. The Kier molecular flexibility index (Phi) is 3.13. The molecule has 0 saturated heterocycles. The van der Waals surface area contributed by atoms with Crippen LogP contribution in [0.1, 0.15) is 16.7 Å². The van der Waals surface area contributed by atoms with E-state index in [0.29, 0.717) is 5.88 Å². The van der Waals surface area contributed by atoms with Crippen LogP contribution in [0.25, 0.3) is 22.7 Å². The van der Waals surface area contributed by atoms with E-state index >= 15 is 0 Å². The van der Waals surface area contributed by atoms with Crippen molar-refractivity contribution >= 4 is 40.0 Å². The van der Waals surface area contributed by atoms with Gasteiger partial charge in [0.25, 0.3) is 0 Å². The molecule has 0 saturated carbocycles. The van der Waals surface area contributed by atoms with Gasteiger partial charge < -0.3 is 15.4 Å². The molecule has 4 nitrogen and oxygen atoms in total. The SMILES string of the molecule is OC1Nc2ccc(CCl)cc2C1=Cc1c[nH]c2ncccc12. The van der Waals surface area contributed by atoms with Crippen molar-refractivity contribution in [3.05, 3.63) is 59.4 Å². The van der Waals surface area contributed by atoms with Gasteiger partial charge in [-0.2, -0.15) is 0 Å². The number of alkyl halides is 1. The number of halogens is 1. The number of aliphatic hydroxyl groups excluding tert-OH is 1. The maximum Gasteiger partial charge on any atom is 0.151 e. The zero-order chi connectivity index (χ0) is 15.1. The molecule has 1 aliphatic rings. The molecule has 0 spiro atoms. The molecular formula is C17H14ClN3O. The fourth-order valence-electron chi connectivity index (χ4n) is 2.83. The van der Waals surface area contributed by atoms with Gasteiger partial charge in [0.1, 0.15) is 5.65 Å². The summed E-state index contributed by atoms with van der Waals surface area (Å²) in [6, 6.07) is 9.85. The molecule has 1 aliphatic heterocycles. The molecule has 3 aromatic rings. The van der Waals surface area contributed by atoms with Gasteiger partial charge in [-0.05, 0) is 35.9 Å². The number of hydrogen-bond acceptors (Lipinski definition) is 3. The number of H-pyrrole nitrogens is 1. The number of anilines is 1. The highest BCUT2D eigenvalue weighted by Crippen LogP contribution is 2.37. The molecule has 0 amide bonds. The Hall–Kier alpha value is -2.30. The van der Waals surface area contributed by atoms with Gasteiger partial charge in [0.2, 0.25) is 0 Å². The van der Waals surface area contributed by atoms with Gasteiger partial charge in [0, 0.05) is 46.0 Å². The summed E-state index contributed by atoms with van der Waals surface area (Å²) in [4.78, 5) is 7.43. The number of benzene rings is 1. The Morgan fingerprint density at radius 2 is 2.23 bits per heavy atom. The molecule has 3 N–H and O–H groups in total. The molecule has 110 valence electrons. The number of fused-ring (bicyclic) bond motifs is 2. The van der Waals surface area contributed by atoms with E-state index in [2.05, 4.69) is 15.3 Å². The first-order chi connectivity index (χ1) is 10.8. The Balaban J connectivity index is 1.86. The first-order valence-corrected chi connectivity index (χ1v) is 7.57. The lowest BCUT2D eigenvalue weighted by molar-refractivity contribution is 0.266. The summed E-state index contributed by atoms with van der Waals surface area (Å²) in [7, 11) is 0. The zero-order valence-electron chi connectivity index (χ0n) is 11.7. The first-order valence-electron chi connectivity index (χ1n) is 7.04. The number of hydrogen-bond donors (Lipinski definition) is 3. The molecule has 22 heavy (non-hydrogen) atoms. The fraction of sp³-hybridized carbons (Fsp3) is 0.118. The summed E-state index contributed by atoms with van der Waals surface area (Å²) in [5.74, 6) is 0.452. The molecule has 0 radical (unpaired) electrons. The van der Waals surface area contributed by atoms with Crippen LogP contribution in [0.3, 0.4) is 0 Å². The van der Waals surface area contributed by atoms with Crippen molar-refractivity contribution in [1.29, 1.82) is 0 Å². The second kappa shape index (κ2) is 5.16. The second-order valence-corrected chi connectivity index (χ2v) is 5.57. The van der Waals surface area contributed by atoms with E-state index in [0.717, 1.165) is 39.0 Å². The summed E-state index contributed by atoms with van der Waals surface area (Å²) >= 11 is 5.92. The van der Waals surface area contributed by atoms with Crippen LogP contribution in [0.2, 0.25) is 0 Å². The highest BCUT2D eigenvalue weighted by Gasteiger charge is 2.24. The van der Waals surface area contributed by atoms with Crippen molar-refractivity contribution in [3.63, 3.8) is 0 Å². The van der Waals surface area contributed by atoms with E-state index in [-0.39, 0.29) is 0 Å². The normalized spacial score (nSPS) is 18.6. The average Bonchev–Trinajstić information content (AvgIpc) is 3.09. The van der Waals surface area contributed by atoms with E-state index in [9.17, 15) is 5.11 Å². The molecule has 5 heteroatoms.